The first-order valence-electron chi connectivity index (χ1n) is 6.50. The molecule has 0 unspecified atom stereocenters. The lowest BCUT2D eigenvalue weighted by atomic mass is 10.1. The Morgan fingerprint density at radius 2 is 1.74 bits per heavy atom. The summed E-state index contributed by atoms with van der Waals surface area (Å²) in [6.07, 6.45) is 2.57. The summed E-state index contributed by atoms with van der Waals surface area (Å²) < 4.78 is 26.4. The Labute approximate surface area is 111 Å². The minimum Gasteiger partial charge on any atom is -0.379 e. The highest BCUT2D eigenvalue weighted by Crippen LogP contribution is 2.39. The summed E-state index contributed by atoms with van der Waals surface area (Å²) in [5.74, 6) is -0.133. The zero-order valence-corrected chi connectivity index (χ0v) is 10.5. The van der Waals surface area contributed by atoms with Crippen LogP contribution >= 0.6 is 0 Å². The Morgan fingerprint density at radius 3 is 2.42 bits per heavy atom. The Bertz CT molecular complexity index is 574. The van der Waals surface area contributed by atoms with Gasteiger partial charge in [-0.3, -0.25) is 0 Å². The molecule has 2 aromatic carbocycles. The number of anilines is 1. The highest BCUT2D eigenvalue weighted by Gasteiger charge is 2.22. The lowest BCUT2D eigenvalue weighted by Gasteiger charge is -2.08. The molecular weight excluding hydrogens is 244 g/mol. The molecule has 0 bridgehead atoms. The first-order chi connectivity index (χ1) is 9.22. The minimum absolute atomic E-state index is 0.200. The molecule has 0 amide bonds. The fourth-order valence-corrected chi connectivity index (χ4v) is 2.15. The maximum atomic E-state index is 13.4. The van der Waals surface area contributed by atoms with Gasteiger partial charge in [0.15, 0.2) is 0 Å². The zero-order valence-electron chi connectivity index (χ0n) is 10.5. The van der Waals surface area contributed by atoms with Gasteiger partial charge in [0, 0.05) is 6.54 Å². The third kappa shape index (κ3) is 2.92. The normalized spacial score (nSPS) is 14.4. The fraction of sp³-hybridized carbons (Fsp3) is 0.250. The van der Waals surface area contributed by atoms with Crippen molar-refractivity contribution in [3.8, 4) is 0 Å². The Morgan fingerprint density at radius 1 is 1.00 bits per heavy atom. The van der Waals surface area contributed by atoms with Gasteiger partial charge in [0.25, 0.3) is 0 Å². The molecular formula is C16H15F2N. The van der Waals surface area contributed by atoms with E-state index in [0.29, 0.717) is 6.54 Å². The van der Waals surface area contributed by atoms with Crippen molar-refractivity contribution in [1.82, 2.24) is 0 Å². The third-order valence-corrected chi connectivity index (χ3v) is 3.44. The van der Waals surface area contributed by atoms with Crippen LogP contribution in [0.5, 0.6) is 0 Å². The Hall–Kier alpha value is -1.90. The molecule has 0 heterocycles. The molecule has 3 rings (SSSR count). The van der Waals surface area contributed by atoms with Gasteiger partial charge in [0.2, 0.25) is 0 Å². The summed E-state index contributed by atoms with van der Waals surface area (Å²) in [4.78, 5) is 0. The van der Waals surface area contributed by atoms with Crippen LogP contribution in [0.2, 0.25) is 0 Å². The monoisotopic (exact) mass is 259 g/mol. The van der Waals surface area contributed by atoms with Crippen LogP contribution in [-0.2, 0) is 6.54 Å². The lowest BCUT2D eigenvalue weighted by Crippen LogP contribution is -2.02. The summed E-state index contributed by atoms with van der Waals surface area (Å²) in [7, 11) is 0. The van der Waals surface area contributed by atoms with E-state index in [1.54, 1.807) is 0 Å². The second-order valence-electron chi connectivity index (χ2n) is 4.99. The predicted octanol–water partition coefficient (Wildman–Crippen LogP) is 4.45. The quantitative estimate of drug-likeness (QED) is 0.855. The average Bonchev–Trinajstić information content (AvgIpc) is 3.25. The van der Waals surface area contributed by atoms with Crippen LogP contribution in [-0.4, -0.2) is 0 Å². The molecule has 1 fully saturated rings. The first kappa shape index (κ1) is 12.2. The first-order valence-corrected chi connectivity index (χ1v) is 6.50. The van der Waals surface area contributed by atoms with Crippen LogP contribution in [0.15, 0.2) is 42.5 Å². The van der Waals surface area contributed by atoms with E-state index in [9.17, 15) is 8.78 Å². The molecule has 1 nitrogen and oxygen atoms in total. The zero-order chi connectivity index (χ0) is 13.2. The van der Waals surface area contributed by atoms with E-state index < -0.39 is 11.6 Å². The second-order valence-corrected chi connectivity index (χ2v) is 4.99. The predicted molar refractivity (Wildman–Crippen MR) is 72.1 cm³/mol. The van der Waals surface area contributed by atoms with Gasteiger partial charge >= 0.3 is 0 Å². The van der Waals surface area contributed by atoms with Crippen LogP contribution in [0.25, 0.3) is 0 Å². The summed E-state index contributed by atoms with van der Waals surface area (Å²) in [5, 5.41) is 2.92. The van der Waals surface area contributed by atoms with Crippen molar-refractivity contribution in [2.45, 2.75) is 25.3 Å². The van der Waals surface area contributed by atoms with Crippen molar-refractivity contribution in [3.05, 3.63) is 65.2 Å². The Kier molecular flexibility index (Phi) is 3.20. The van der Waals surface area contributed by atoms with E-state index in [4.69, 9.17) is 0 Å². The molecule has 0 radical (unpaired) electrons. The molecule has 3 heteroatoms. The minimum atomic E-state index is -0.437. The van der Waals surface area contributed by atoms with Gasteiger partial charge in [0.1, 0.15) is 11.6 Å². The molecule has 1 aliphatic rings. The van der Waals surface area contributed by atoms with E-state index in [0.717, 1.165) is 23.6 Å². The maximum Gasteiger partial charge on any atom is 0.146 e. The van der Waals surface area contributed by atoms with Gasteiger partial charge < -0.3 is 5.32 Å². The van der Waals surface area contributed by atoms with Crippen LogP contribution in [0.3, 0.4) is 0 Å². The summed E-state index contributed by atoms with van der Waals surface area (Å²) in [6, 6.07) is 11.7. The molecule has 0 atom stereocenters. The SMILES string of the molecule is Fc1ccc(F)c(NCc2ccc(C3CC3)cc2)c1. The van der Waals surface area contributed by atoms with Crippen LogP contribution in [0.4, 0.5) is 14.5 Å². The van der Waals surface area contributed by atoms with E-state index in [2.05, 4.69) is 17.4 Å². The van der Waals surface area contributed by atoms with Crippen LogP contribution < -0.4 is 5.32 Å². The van der Waals surface area contributed by atoms with E-state index in [1.165, 1.54) is 24.5 Å². The molecule has 0 saturated heterocycles. The van der Waals surface area contributed by atoms with Crippen molar-refractivity contribution in [1.29, 1.82) is 0 Å². The molecule has 1 saturated carbocycles. The van der Waals surface area contributed by atoms with E-state index in [1.807, 2.05) is 12.1 Å². The van der Waals surface area contributed by atoms with Crippen molar-refractivity contribution in [2.24, 2.45) is 0 Å². The molecule has 2 aromatic rings. The number of hydrogen-bond acceptors (Lipinski definition) is 1. The van der Waals surface area contributed by atoms with Crippen molar-refractivity contribution in [2.75, 3.05) is 5.32 Å². The molecule has 0 aromatic heterocycles. The van der Waals surface area contributed by atoms with Gasteiger partial charge in [-0.25, -0.2) is 8.78 Å². The number of halogens is 2. The topological polar surface area (TPSA) is 12.0 Å². The Balaban J connectivity index is 1.66. The summed E-state index contributed by atoms with van der Waals surface area (Å²) >= 11 is 0. The lowest BCUT2D eigenvalue weighted by molar-refractivity contribution is 0.602. The number of rotatable bonds is 4. The van der Waals surface area contributed by atoms with Crippen molar-refractivity contribution in [3.63, 3.8) is 0 Å². The molecule has 0 spiro atoms. The van der Waals surface area contributed by atoms with Gasteiger partial charge in [-0.1, -0.05) is 24.3 Å². The van der Waals surface area contributed by atoms with Gasteiger partial charge in [-0.15, -0.1) is 0 Å². The second kappa shape index (κ2) is 5.00. The number of hydrogen-bond donors (Lipinski definition) is 1. The fourth-order valence-electron chi connectivity index (χ4n) is 2.15. The van der Waals surface area contributed by atoms with Crippen LogP contribution in [0.1, 0.15) is 29.9 Å². The average molecular weight is 259 g/mol. The number of benzene rings is 2. The molecule has 19 heavy (non-hydrogen) atoms. The molecule has 98 valence electrons. The summed E-state index contributed by atoms with van der Waals surface area (Å²) in [5.41, 5.74) is 2.64. The van der Waals surface area contributed by atoms with Gasteiger partial charge in [-0.2, -0.15) is 0 Å². The van der Waals surface area contributed by atoms with Crippen molar-refractivity contribution >= 4 is 5.69 Å². The highest BCUT2D eigenvalue weighted by molar-refractivity contribution is 5.45. The van der Waals surface area contributed by atoms with E-state index >= 15 is 0 Å². The molecule has 1 N–H and O–H groups in total. The highest BCUT2D eigenvalue weighted by atomic mass is 19.1. The van der Waals surface area contributed by atoms with E-state index in [-0.39, 0.29) is 5.69 Å². The number of nitrogens with one attached hydrogen (secondary N) is 1. The molecule has 1 aliphatic carbocycles. The van der Waals surface area contributed by atoms with Crippen LogP contribution in [0, 0.1) is 11.6 Å². The molecule has 0 aliphatic heterocycles. The maximum absolute atomic E-state index is 13.4. The van der Waals surface area contributed by atoms with Gasteiger partial charge in [-0.05, 0) is 48.1 Å². The third-order valence-electron chi connectivity index (χ3n) is 3.44. The largest absolute Gasteiger partial charge is 0.379 e. The van der Waals surface area contributed by atoms with Crippen molar-refractivity contribution < 1.29 is 8.78 Å². The van der Waals surface area contributed by atoms with Gasteiger partial charge in [0.05, 0.1) is 5.69 Å². The standard InChI is InChI=1S/C16H15F2N/c17-14-7-8-15(18)16(9-14)19-10-11-1-3-12(4-2-11)13-5-6-13/h1-4,7-9,13,19H,5-6,10H2. The smallest absolute Gasteiger partial charge is 0.146 e. The summed E-state index contributed by atoms with van der Waals surface area (Å²) in [6.45, 7) is 0.491.